The molecular weight excluding hydrogens is 472 g/mol. The van der Waals surface area contributed by atoms with Crippen LogP contribution in [0.3, 0.4) is 0 Å². The highest BCUT2D eigenvalue weighted by Crippen LogP contribution is 2.54. The number of hydrogen-bond acceptors (Lipinski definition) is 7. The van der Waals surface area contributed by atoms with Crippen molar-refractivity contribution in [3.63, 3.8) is 0 Å². The van der Waals surface area contributed by atoms with Crippen molar-refractivity contribution in [1.82, 2.24) is 5.32 Å². The highest BCUT2D eigenvalue weighted by atomic mass is 16.7. The second-order valence-corrected chi connectivity index (χ2v) is 9.43. The van der Waals surface area contributed by atoms with Crippen molar-refractivity contribution in [2.24, 2.45) is 11.8 Å². The monoisotopic (exact) mass is 498 g/mol. The number of esters is 1. The van der Waals surface area contributed by atoms with Gasteiger partial charge in [0, 0.05) is 12.1 Å². The minimum Gasteiger partial charge on any atom is -0.464 e. The van der Waals surface area contributed by atoms with Gasteiger partial charge in [0.15, 0.2) is 17.0 Å². The smallest absolute Gasteiger partial charge is 0.331 e. The quantitative estimate of drug-likeness (QED) is 0.424. The van der Waals surface area contributed by atoms with E-state index in [1.165, 1.54) is 4.90 Å². The molecule has 0 unspecified atom stereocenters. The highest BCUT2D eigenvalue weighted by Gasteiger charge is 2.70. The molecule has 1 N–H and O–H groups in total. The van der Waals surface area contributed by atoms with E-state index in [4.69, 9.17) is 14.2 Å². The number of nitrogens with one attached hydrogen (secondary N) is 1. The number of amides is 2. The van der Waals surface area contributed by atoms with Crippen LogP contribution in [0.25, 0.3) is 0 Å². The maximum Gasteiger partial charge on any atom is 0.331 e. The van der Waals surface area contributed by atoms with E-state index in [1.54, 1.807) is 37.3 Å². The number of carbonyl (C=O) groups excluding carboxylic acids is 3. The number of hydrogen-bond donors (Lipinski definition) is 1. The van der Waals surface area contributed by atoms with Gasteiger partial charge < -0.3 is 14.2 Å². The van der Waals surface area contributed by atoms with E-state index in [2.05, 4.69) is 5.32 Å². The van der Waals surface area contributed by atoms with Crippen LogP contribution < -0.4 is 19.7 Å². The molecule has 3 aliphatic rings. The topological polar surface area (TPSA) is 94.2 Å². The molecular formula is C29H26N2O6. The van der Waals surface area contributed by atoms with Crippen molar-refractivity contribution in [2.75, 3.05) is 18.3 Å². The summed E-state index contributed by atoms with van der Waals surface area (Å²) in [5.41, 5.74) is 1.21. The van der Waals surface area contributed by atoms with Gasteiger partial charge in [0.1, 0.15) is 0 Å². The molecule has 0 aromatic heterocycles. The molecule has 4 atom stereocenters. The zero-order valence-electron chi connectivity index (χ0n) is 20.5. The van der Waals surface area contributed by atoms with Gasteiger partial charge in [0.05, 0.1) is 24.1 Å². The minimum atomic E-state index is -1.55. The molecule has 0 aliphatic carbocycles. The molecule has 0 bridgehead atoms. The van der Waals surface area contributed by atoms with Crippen molar-refractivity contribution in [3.8, 4) is 11.5 Å². The van der Waals surface area contributed by atoms with E-state index in [0.717, 1.165) is 11.1 Å². The number of rotatable bonds is 5. The standard InChI is InChI=1S/C29H26N2O6/c1-3-35-28(34)29(18-10-5-4-6-11-18)24-23(25(30-29)20-12-8-7-9-17(20)2)26(32)31(27(24)33)19-13-14-21-22(15-19)37-16-36-21/h4-15,23-25,30H,3,16H2,1-2H3/t23-,24-,25-,29+/m0/s1. The third-order valence-corrected chi connectivity index (χ3v) is 7.52. The van der Waals surface area contributed by atoms with Crippen LogP contribution in [0, 0.1) is 18.8 Å². The zero-order valence-corrected chi connectivity index (χ0v) is 20.5. The van der Waals surface area contributed by atoms with E-state index in [0.29, 0.717) is 22.7 Å². The molecule has 3 aromatic rings. The van der Waals surface area contributed by atoms with Crippen molar-refractivity contribution >= 4 is 23.5 Å². The fourth-order valence-corrected chi connectivity index (χ4v) is 5.91. The van der Waals surface area contributed by atoms with Crippen LogP contribution >= 0.6 is 0 Å². The number of ether oxygens (including phenoxy) is 3. The fraction of sp³-hybridized carbons (Fsp3) is 0.276. The van der Waals surface area contributed by atoms with Gasteiger partial charge >= 0.3 is 5.97 Å². The Bertz CT molecular complexity index is 1410. The summed E-state index contributed by atoms with van der Waals surface area (Å²) in [6.45, 7) is 3.89. The first-order valence-electron chi connectivity index (χ1n) is 12.3. The predicted octanol–water partition coefficient (Wildman–Crippen LogP) is 3.63. The van der Waals surface area contributed by atoms with Crippen molar-refractivity contribution in [2.45, 2.75) is 25.4 Å². The van der Waals surface area contributed by atoms with E-state index in [9.17, 15) is 14.4 Å². The van der Waals surface area contributed by atoms with Gasteiger partial charge in [0.2, 0.25) is 18.6 Å². The van der Waals surface area contributed by atoms with Crippen molar-refractivity contribution in [3.05, 3.63) is 89.5 Å². The van der Waals surface area contributed by atoms with E-state index >= 15 is 0 Å². The van der Waals surface area contributed by atoms with Crippen LogP contribution in [0.1, 0.15) is 29.7 Å². The Morgan fingerprint density at radius 3 is 2.49 bits per heavy atom. The lowest BCUT2D eigenvalue weighted by Gasteiger charge is -2.33. The molecule has 8 nitrogen and oxygen atoms in total. The maximum atomic E-state index is 14.2. The number of imide groups is 1. The van der Waals surface area contributed by atoms with Crippen LogP contribution in [-0.4, -0.2) is 31.2 Å². The lowest BCUT2D eigenvalue weighted by atomic mass is 9.75. The first-order chi connectivity index (χ1) is 18.0. The highest BCUT2D eigenvalue weighted by molar-refractivity contribution is 6.24. The van der Waals surface area contributed by atoms with Gasteiger partial charge in [-0.05, 0) is 42.7 Å². The second kappa shape index (κ2) is 8.74. The molecule has 3 aliphatic heterocycles. The summed E-state index contributed by atoms with van der Waals surface area (Å²) in [7, 11) is 0. The molecule has 2 amide bonds. The summed E-state index contributed by atoms with van der Waals surface area (Å²) in [5, 5.41) is 3.45. The molecule has 3 heterocycles. The molecule has 2 saturated heterocycles. The van der Waals surface area contributed by atoms with Crippen LogP contribution in [0.15, 0.2) is 72.8 Å². The van der Waals surface area contributed by atoms with Crippen LogP contribution in [-0.2, 0) is 24.7 Å². The Labute approximate surface area is 214 Å². The van der Waals surface area contributed by atoms with Gasteiger partial charge in [-0.2, -0.15) is 0 Å². The lowest BCUT2D eigenvalue weighted by Crippen LogP contribution is -2.54. The molecule has 2 fully saturated rings. The van der Waals surface area contributed by atoms with Gasteiger partial charge in [0.25, 0.3) is 0 Å². The van der Waals surface area contributed by atoms with Crippen LogP contribution in [0.4, 0.5) is 5.69 Å². The molecule has 0 radical (unpaired) electrons. The predicted molar refractivity (Wildman–Crippen MR) is 134 cm³/mol. The largest absolute Gasteiger partial charge is 0.464 e. The number of aryl methyl sites for hydroxylation is 1. The second-order valence-electron chi connectivity index (χ2n) is 9.43. The molecule has 0 spiro atoms. The maximum absolute atomic E-state index is 14.2. The summed E-state index contributed by atoms with van der Waals surface area (Å²) in [6.07, 6.45) is 0. The van der Waals surface area contributed by atoms with Gasteiger partial charge in [-0.1, -0.05) is 54.6 Å². The normalized spacial score (nSPS) is 25.9. The van der Waals surface area contributed by atoms with E-state index < -0.39 is 35.3 Å². The van der Waals surface area contributed by atoms with Gasteiger partial charge in [-0.25, -0.2) is 9.69 Å². The lowest BCUT2D eigenvalue weighted by molar-refractivity contribution is -0.155. The van der Waals surface area contributed by atoms with Gasteiger partial charge in [-0.3, -0.25) is 14.9 Å². The average Bonchev–Trinajstić information content (AvgIpc) is 3.59. The number of anilines is 1. The average molecular weight is 499 g/mol. The van der Waals surface area contributed by atoms with E-state index in [1.807, 2.05) is 49.4 Å². The first-order valence-corrected chi connectivity index (χ1v) is 12.3. The number of carbonyl (C=O) groups is 3. The van der Waals surface area contributed by atoms with Gasteiger partial charge in [-0.15, -0.1) is 0 Å². The minimum absolute atomic E-state index is 0.0746. The molecule has 8 heteroatoms. The molecule has 6 rings (SSSR count). The first kappa shape index (κ1) is 23.2. The summed E-state index contributed by atoms with van der Waals surface area (Å²) in [6, 6.07) is 21.1. The number of fused-ring (bicyclic) bond motifs is 2. The third-order valence-electron chi connectivity index (χ3n) is 7.52. The number of benzene rings is 3. The molecule has 188 valence electrons. The summed E-state index contributed by atoms with van der Waals surface area (Å²) < 4.78 is 16.5. The van der Waals surface area contributed by atoms with Crippen LogP contribution in [0.5, 0.6) is 11.5 Å². The molecule has 3 aromatic carbocycles. The van der Waals surface area contributed by atoms with Crippen molar-refractivity contribution < 1.29 is 28.6 Å². The molecule has 0 saturated carbocycles. The summed E-state index contributed by atoms with van der Waals surface area (Å²) in [5.74, 6) is -2.26. The molecule has 37 heavy (non-hydrogen) atoms. The Hall–Kier alpha value is -4.17. The summed E-state index contributed by atoms with van der Waals surface area (Å²) >= 11 is 0. The third kappa shape index (κ3) is 3.36. The Kier molecular flexibility index (Phi) is 5.49. The Morgan fingerprint density at radius 2 is 1.73 bits per heavy atom. The summed E-state index contributed by atoms with van der Waals surface area (Å²) in [4.78, 5) is 43.4. The van der Waals surface area contributed by atoms with E-state index in [-0.39, 0.29) is 19.3 Å². The Morgan fingerprint density at radius 1 is 1.00 bits per heavy atom. The van der Waals surface area contributed by atoms with Crippen LogP contribution in [0.2, 0.25) is 0 Å². The zero-order chi connectivity index (χ0) is 25.7. The number of nitrogens with zero attached hydrogens (tertiary/aromatic N) is 1. The van der Waals surface area contributed by atoms with Crippen molar-refractivity contribution in [1.29, 1.82) is 0 Å². The Balaban J connectivity index is 1.55. The fourth-order valence-electron chi connectivity index (χ4n) is 5.91. The SMILES string of the molecule is CCOC(=O)[C@]1(c2ccccc2)N[C@@H](c2ccccc2C)[C@H]2C(=O)N(c3ccc4c(c3)OCO4)C(=O)[C@H]21.